The van der Waals surface area contributed by atoms with Gasteiger partial charge in [-0.25, -0.2) is 0 Å². The Balaban J connectivity index is 1.86. The lowest BCUT2D eigenvalue weighted by molar-refractivity contribution is 0.0603. The summed E-state index contributed by atoms with van der Waals surface area (Å²) in [6, 6.07) is 6.53. The van der Waals surface area contributed by atoms with Gasteiger partial charge in [0.2, 0.25) is 0 Å². The third-order valence-corrected chi connectivity index (χ3v) is 4.72. The van der Waals surface area contributed by atoms with Crippen LogP contribution < -0.4 is 5.32 Å². The average molecular weight is 260 g/mol. The molecule has 1 aromatic rings. The van der Waals surface area contributed by atoms with E-state index in [1.165, 1.54) is 0 Å². The third kappa shape index (κ3) is 1.91. The summed E-state index contributed by atoms with van der Waals surface area (Å²) < 4.78 is 0. The number of carbonyl (C=O) groups excluding carboxylic acids is 1. The smallest absolute Gasteiger partial charge is 0.254 e. The lowest BCUT2D eigenvalue weighted by Crippen LogP contribution is -2.47. The Labute approximate surface area is 113 Å². The van der Waals surface area contributed by atoms with Gasteiger partial charge in [0.15, 0.2) is 0 Å². The van der Waals surface area contributed by atoms with Gasteiger partial charge in [-0.05, 0) is 49.9 Å². The van der Waals surface area contributed by atoms with Gasteiger partial charge < -0.3 is 15.3 Å². The number of amides is 1. The Morgan fingerprint density at radius 1 is 1.32 bits per heavy atom. The SMILES string of the molecule is CC1(C)C2CNCC2CN1C(=O)c1ccc(O)cc1. The molecular formula is C15H20N2O2. The van der Waals surface area contributed by atoms with E-state index in [0.29, 0.717) is 17.4 Å². The van der Waals surface area contributed by atoms with Crippen LogP contribution >= 0.6 is 0 Å². The molecular weight excluding hydrogens is 240 g/mol. The van der Waals surface area contributed by atoms with Crippen molar-refractivity contribution in [3.63, 3.8) is 0 Å². The Bertz CT molecular complexity index is 495. The molecule has 2 heterocycles. The van der Waals surface area contributed by atoms with E-state index in [-0.39, 0.29) is 17.2 Å². The molecule has 2 unspecified atom stereocenters. The molecule has 0 radical (unpaired) electrons. The summed E-state index contributed by atoms with van der Waals surface area (Å²) in [7, 11) is 0. The highest BCUT2D eigenvalue weighted by molar-refractivity contribution is 5.95. The van der Waals surface area contributed by atoms with Gasteiger partial charge in [-0.1, -0.05) is 0 Å². The van der Waals surface area contributed by atoms with Crippen molar-refractivity contribution in [2.75, 3.05) is 19.6 Å². The van der Waals surface area contributed by atoms with Gasteiger partial charge in [-0.2, -0.15) is 0 Å². The second kappa shape index (κ2) is 4.23. The molecule has 19 heavy (non-hydrogen) atoms. The molecule has 0 aliphatic carbocycles. The van der Waals surface area contributed by atoms with E-state index >= 15 is 0 Å². The molecule has 4 nitrogen and oxygen atoms in total. The number of phenolic OH excluding ortho intramolecular Hbond substituents is 1. The number of aromatic hydroxyl groups is 1. The molecule has 1 amide bonds. The molecule has 0 saturated carbocycles. The first-order valence-electron chi connectivity index (χ1n) is 6.82. The van der Waals surface area contributed by atoms with Crippen LogP contribution in [-0.2, 0) is 0 Å². The normalized spacial score (nSPS) is 28.4. The monoisotopic (exact) mass is 260 g/mol. The van der Waals surface area contributed by atoms with Gasteiger partial charge >= 0.3 is 0 Å². The van der Waals surface area contributed by atoms with E-state index in [0.717, 1.165) is 19.6 Å². The van der Waals surface area contributed by atoms with Crippen molar-refractivity contribution in [1.29, 1.82) is 0 Å². The molecule has 1 aromatic carbocycles. The summed E-state index contributed by atoms with van der Waals surface area (Å²) in [6.07, 6.45) is 0. The third-order valence-electron chi connectivity index (χ3n) is 4.72. The minimum atomic E-state index is -0.108. The predicted octanol–water partition coefficient (Wildman–Crippen LogP) is 1.46. The number of nitrogens with zero attached hydrogens (tertiary/aromatic N) is 1. The summed E-state index contributed by atoms with van der Waals surface area (Å²) in [4.78, 5) is 14.6. The highest BCUT2D eigenvalue weighted by atomic mass is 16.3. The Kier molecular flexibility index (Phi) is 2.78. The first-order valence-corrected chi connectivity index (χ1v) is 6.82. The van der Waals surface area contributed by atoms with Crippen molar-refractivity contribution >= 4 is 5.91 Å². The van der Waals surface area contributed by atoms with Crippen LogP contribution in [0.2, 0.25) is 0 Å². The Morgan fingerprint density at radius 3 is 2.63 bits per heavy atom. The number of hydrogen-bond acceptors (Lipinski definition) is 3. The maximum absolute atomic E-state index is 12.6. The fourth-order valence-corrected chi connectivity index (χ4v) is 3.53. The van der Waals surface area contributed by atoms with Crippen molar-refractivity contribution in [2.45, 2.75) is 19.4 Å². The molecule has 2 fully saturated rings. The first-order chi connectivity index (χ1) is 9.00. The zero-order valence-electron chi connectivity index (χ0n) is 11.4. The Morgan fingerprint density at radius 2 is 2.00 bits per heavy atom. The van der Waals surface area contributed by atoms with Gasteiger partial charge in [-0.15, -0.1) is 0 Å². The van der Waals surface area contributed by atoms with Gasteiger partial charge in [0.25, 0.3) is 5.91 Å². The van der Waals surface area contributed by atoms with Crippen molar-refractivity contribution in [1.82, 2.24) is 10.2 Å². The molecule has 0 bridgehead atoms. The molecule has 0 spiro atoms. The molecule has 2 saturated heterocycles. The molecule has 2 atom stereocenters. The summed E-state index contributed by atoms with van der Waals surface area (Å²) in [5.41, 5.74) is 0.544. The standard InChI is InChI=1S/C15H20N2O2/c1-15(2)13-8-16-7-11(13)9-17(15)14(19)10-3-5-12(18)6-4-10/h3-6,11,13,16,18H,7-9H2,1-2H3. The van der Waals surface area contributed by atoms with Gasteiger partial charge in [0, 0.05) is 30.7 Å². The van der Waals surface area contributed by atoms with Crippen molar-refractivity contribution in [3.05, 3.63) is 29.8 Å². The number of nitrogens with one attached hydrogen (secondary N) is 1. The average Bonchev–Trinajstić information content (AvgIpc) is 2.92. The van der Waals surface area contributed by atoms with Crippen LogP contribution in [0.5, 0.6) is 5.75 Å². The van der Waals surface area contributed by atoms with Crippen LogP contribution in [0, 0.1) is 11.8 Å². The number of hydrogen-bond donors (Lipinski definition) is 2. The zero-order valence-corrected chi connectivity index (χ0v) is 11.4. The van der Waals surface area contributed by atoms with Gasteiger partial charge in [0.1, 0.15) is 5.75 Å². The fourth-order valence-electron chi connectivity index (χ4n) is 3.53. The molecule has 2 N–H and O–H groups in total. The predicted molar refractivity (Wildman–Crippen MR) is 73.1 cm³/mol. The minimum absolute atomic E-state index is 0.0689. The molecule has 0 aromatic heterocycles. The van der Waals surface area contributed by atoms with Crippen LogP contribution in [0.3, 0.4) is 0 Å². The van der Waals surface area contributed by atoms with Crippen LogP contribution in [0.25, 0.3) is 0 Å². The highest BCUT2D eigenvalue weighted by Gasteiger charge is 2.51. The topological polar surface area (TPSA) is 52.6 Å². The van der Waals surface area contributed by atoms with Crippen molar-refractivity contribution in [2.24, 2.45) is 11.8 Å². The number of carbonyl (C=O) groups is 1. The van der Waals surface area contributed by atoms with E-state index < -0.39 is 0 Å². The Hall–Kier alpha value is -1.55. The quantitative estimate of drug-likeness (QED) is 0.804. The van der Waals surface area contributed by atoms with Gasteiger partial charge in [-0.3, -0.25) is 4.79 Å². The summed E-state index contributed by atoms with van der Waals surface area (Å²) in [5, 5.41) is 12.7. The molecule has 102 valence electrons. The number of likely N-dealkylation sites (tertiary alicyclic amines) is 1. The van der Waals surface area contributed by atoms with E-state index in [4.69, 9.17) is 0 Å². The maximum Gasteiger partial charge on any atom is 0.254 e. The number of phenols is 1. The molecule has 2 aliphatic rings. The largest absolute Gasteiger partial charge is 0.508 e. The highest BCUT2D eigenvalue weighted by Crippen LogP contribution is 2.41. The summed E-state index contributed by atoms with van der Waals surface area (Å²) in [5.74, 6) is 1.36. The number of fused-ring (bicyclic) bond motifs is 1. The van der Waals surface area contributed by atoms with Crippen molar-refractivity contribution in [3.8, 4) is 5.75 Å². The minimum Gasteiger partial charge on any atom is -0.508 e. The zero-order chi connectivity index (χ0) is 13.6. The number of rotatable bonds is 1. The lowest BCUT2D eigenvalue weighted by atomic mass is 9.84. The van der Waals surface area contributed by atoms with E-state index in [1.807, 2.05) is 4.90 Å². The fraction of sp³-hybridized carbons (Fsp3) is 0.533. The summed E-state index contributed by atoms with van der Waals surface area (Å²) in [6.45, 7) is 7.14. The van der Waals surface area contributed by atoms with Crippen LogP contribution in [0.1, 0.15) is 24.2 Å². The molecule has 2 aliphatic heterocycles. The maximum atomic E-state index is 12.6. The van der Waals surface area contributed by atoms with E-state index in [1.54, 1.807) is 24.3 Å². The second-order valence-electron chi connectivity index (χ2n) is 6.14. The lowest BCUT2D eigenvalue weighted by Gasteiger charge is -2.35. The van der Waals surface area contributed by atoms with E-state index in [2.05, 4.69) is 19.2 Å². The second-order valence-corrected chi connectivity index (χ2v) is 6.14. The van der Waals surface area contributed by atoms with Gasteiger partial charge in [0.05, 0.1) is 0 Å². The number of benzene rings is 1. The van der Waals surface area contributed by atoms with E-state index in [9.17, 15) is 9.90 Å². The van der Waals surface area contributed by atoms with Crippen LogP contribution in [0.15, 0.2) is 24.3 Å². The molecule has 3 rings (SSSR count). The molecule has 4 heteroatoms. The first kappa shape index (κ1) is 12.5. The van der Waals surface area contributed by atoms with Crippen molar-refractivity contribution < 1.29 is 9.90 Å². The van der Waals surface area contributed by atoms with Crippen LogP contribution in [-0.4, -0.2) is 41.1 Å². The van der Waals surface area contributed by atoms with Crippen LogP contribution in [0.4, 0.5) is 0 Å². The summed E-state index contributed by atoms with van der Waals surface area (Å²) >= 11 is 0.